The first-order valence-electron chi connectivity index (χ1n) is 5.75. The molecular weight excluding hydrogens is 289 g/mol. The predicted octanol–water partition coefficient (Wildman–Crippen LogP) is 2.35. The van der Waals surface area contributed by atoms with Crippen LogP contribution in [0.15, 0.2) is 22.7 Å². The van der Waals surface area contributed by atoms with Gasteiger partial charge in [0.15, 0.2) is 5.82 Å². The summed E-state index contributed by atoms with van der Waals surface area (Å²) in [7, 11) is 0. The standard InChI is InChI=1S/C12H13Cl2N3O2/c13-8-2-1-3-9(14)7(8)6-11-16-12(19-17-11)10(18)4-5-15/h1-3,10,18H,4-6,15H2/t10-/m0/s1. The van der Waals surface area contributed by atoms with Crippen LogP contribution in [0.25, 0.3) is 0 Å². The number of benzene rings is 1. The number of nitrogens with two attached hydrogens (primary N) is 1. The van der Waals surface area contributed by atoms with E-state index >= 15 is 0 Å². The highest BCUT2D eigenvalue weighted by atomic mass is 35.5. The van der Waals surface area contributed by atoms with Crippen LogP contribution < -0.4 is 5.73 Å². The quantitative estimate of drug-likeness (QED) is 0.885. The minimum atomic E-state index is -0.840. The molecule has 0 spiro atoms. The van der Waals surface area contributed by atoms with Crippen LogP contribution in [-0.4, -0.2) is 21.8 Å². The van der Waals surface area contributed by atoms with Gasteiger partial charge >= 0.3 is 0 Å². The maximum Gasteiger partial charge on any atom is 0.255 e. The lowest BCUT2D eigenvalue weighted by Crippen LogP contribution is -2.07. The molecule has 102 valence electrons. The van der Waals surface area contributed by atoms with Gasteiger partial charge in [0.05, 0.1) is 0 Å². The molecule has 1 heterocycles. The molecule has 2 rings (SSSR count). The largest absolute Gasteiger partial charge is 0.383 e. The monoisotopic (exact) mass is 301 g/mol. The summed E-state index contributed by atoms with van der Waals surface area (Å²) in [5.74, 6) is 0.574. The van der Waals surface area contributed by atoms with Crippen molar-refractivity contribution in [1.82, 2.24) is 10.1 Å². The number of halogens is 2. The molecule has 0 aliphatic carbocycles. The van der Waals surface area contributed by atoms with Crippen LogP contribution in [0.5, 0.6) is 0 Å². The van der Waals surface area contributed by atoms with Crippen molar-refractivity contribution in [2.45, 2.75) is 18.9 Å². The van der Waals surface area contributed by atoms with Gasteiger partial charge in [-0.25, -0.2) is 0 Å². The lowest BCUT2D eigenvalue weighted by atomic mass is 10.1. The summed E-state index contributed by atoms with van der Waals surface area (Å²) in [4.78, 5) is 4.11. The summed E-state index contributed by atoms with van der Waals surface area (Å²) >= 11 is 12.1. The van der Waals surface area contributed by atoms with Crippen LogP contribution >= 0.6 is 23.2 Å². The molecule has 19 heavy (non-hydrogen) atoms. The van der Waals surface area contributed by atoms with Gasteiger partial charge in [0.2, 0.25) is 0 Å². The van der Waals surface area contributed by atoms with Crippen LogP contribution in [-0.2, 0) is 6.42 Å². The van der Waals surface area contributed by atoms with E-state index in [9.17, 15) is 5.11 Å². The Morgan fingerprint density at radius 3 is 2.63 bits per heavy atom. The van der Waals surface area contributed by atoms with Gasteiger partial charge in [0.1, 0.15) is 6.10 Å². The van der Waals surface area contributed by atoms with Crippen molar-refractivity contribution >= 4 is 23.2 Å². The van der Waals surface area contributed by atoms with Crippen LogP contribution in [0.2, 0.25) is 10.0 Å². The van der Waals surface area contributed by atoms with Crippen molar-refractivity contribution in [1.29, 1.82) is 0 Å². The highest BCUT2D eigenvalue weighted by molar-refractivity contribution is 6.36. The van der Waals surface area contributed by atoms with Crippen LogP contribution in [0.1, 0.15) is 29.8 Å². The predicted molar refractivity (Wildman–Crippen MR) is 72.2 cm³/mol. The number of aliphatic hydroxyl groups is 1. The first-order valence-corrected chi connectivity index (χ1v) is 6.51. The Morgan fingerprint density at radius 2 is 2.00 bits per heavy atom. The van der Waals surface area contributed by atoms with Gasteiger partial charge in [-0.2, -0.15) is 4.98 Å². The Morgan fingerprint density at radius 1 is 1.32 bits per heavy atom. The molecule has 0 saturated heterocycles. The number of hydrogen-bond donors (Lipinski definition) is 2. The highest BCUT2D eigenvalue weighted by Gasteiger charge is 2.16. The number of rotatable bonds is 5. The average Bonchev–Trinajstić information content (AvgIpc) is 2.83. The van der Waals surface area contributed by atoms with Crippen molar-refractivity contribution in [3.63, 3.8) is 0 Å². The van der Waals surface area contributed by atoms with E-state index in [1.165, 1.54) is 0 Å². The topological polar surface area (TPSA) is 85.2 Å². The van der Waals surface area contributed by atoms with E-state index in [2.05, 4.69) is 10.1 Å². The summed E-state index contributed by atoms with van der Waals surface area (Å²) in [6.07, 6.45) is -0.126. The lowest BCUT2D eigenvalue weighted by molar-refractivity contribution is 0.127. The zero-order valence-electron chi connectivity index (χ0n) is 10.0. The molecule has 0 unspecified atom stereocenters. The van der Waals surface area contributed by atoms with Gasteiger partial charge in [-0.15, -0.1) is 0 Å². The average molecular weight is 302 g/mol. The van der Waals surface area contributed by atoms with Crippen LogP contribution in [0.4, 0.5) is 0 Å². The molecule has 0 bridgehead atoms. The maximum atomic E-state index is 9.68. The molecule has 1 atom stereocenters. The molecule has 7 heteroatoms. The van der Waals surface area contributed by atoms with Crippen molar-refractivity contribution in [3.8, 4) is 0 Å². The second kappa shape index (κ2) is 6.34. The van der Waals surface area contributed by atoms with Gasteiger partial charge < -0.3 is 15.4 Å². The van der Waals surface area contributed by atoms with Crippen molar-refractivity contribution in [3.05, 3.63) is 45.5 Å². The second-order valence-electron chi connectivity index (χ2n) is 4.02. The number of hydrogen-bond acceptors (Lipinski definition) is 5. The second-order valence-corrected chi connectivity index (χ2v) is 4.83. The minimum absolute atomic E-state index is 0.156. The molecule has 0 fully saturated rings. The van der Waals surface area contributed by atoms with Gasteiger partial charge in [-0.05, 0) is 30.7 Å². The molecule has 5 nitrogen and oxygen atoms in total. The van der Waals surface area contributed by atoms with Crippen molar-refractivity contribution in [2.75, 3.05) is 6.54 Å². The summed E-state index contributed by atoms with van der Waals surface area (Å²) in [5.41, 5.74) is 6.08. The Hall–Kier alpha value is -1.14. The zero-order valence-corrected chi connectivity index (χ0v) is 11.5. The third-order valence-electron chi connectivity index (χ3n) is 2.61. The van der Waals surface area contributed by atoms with E-state index in [1.807, 2.05) is 0 Å². The van der Waals surface area contributed by atoms with Gasteiger partial charge in [0.25, 0.3) is 5.89 Å². The smallest absolute Gasteiger partial charge is 0.255 e. The van der Waals surface area contributed by atoms with E-state index in [1.54, 1.807) is 18.2 Å². The Balaban J connectivity index is 2.16. The minimum Gasteiger partial charge on any atom is -0.383 e. The Labute approximate surface area is 120 Å². The SMILES string of the molecule is NCC[C@H](O)c1nc(Cc2c(Cl)cccc2Cl)no1. The molecule has 0 aliphatic rings. The third kappa shape index (κ3) is 3.45. The molecule has 0 radical (unpaired) electrons. The number of aliphatic hydroxyl groups excluding tert-OH is 1. The normalized spacial score (nSPS) is 12.6. The maximum absolute atomic E-state index is 9.68. The molecular formula is C12H13Cl2N3O2. The third-order valence-corrected chi connectivity index (χ3v) is 3.31. The van der Waals surface area contributed by atoms with Crippen LogP contribution in [0.3, 0.4) is 0 Å². The highest BCUT2D eigenvalue weighted by Crippen LogP contribution is 2.26. The van der Waals surface area contributed by atoms with E-state index < -0.39 is 6.10 Å². The Kier molecular flexibility index (Phi) is 4.76. The van der Waals surface area contributed by atoms with E-state index in [-0.39, 0.29) is 5.89 Å². The summed E-state index contributed by atoms with van der Waals surface area (Å²) in [6, 6.07) is 5.25. The molecule has 0 amide bonds. The lowest BCUT2D eigenvalue weighted by Gasteiger charge is -2.03. The number of nitrogens with zero attached hydrogens (tertiary/aromatic N) is 2. The molecule has 0 saturated carbocycles. The van der Waals surface area contributed by atoms with Gasteiger partial charge in [-0.1, -0.05) is 34.4 Å². The molecule has 1 aromatic carbocycles. The fraction of sp³-hybridized carbons (Fsp3) is 0.333. The van der Waals surface area contributed by atoms with Crippen molar-refractivity contribution in [2.24, 2.45) is 5.73 Å². The number of aromatic nitrogens is 2. The van der Waals surface area contributed by atoms with Gasteiger partial charge in [-0.3, -0.25) is 0 Å². The fourth-order valence-corrected chi connectivity index (χ4v) is 2.15. The van der Waals surface area contributed by atoms with E-state index in [0.717, 1.165) is 5.56 Å². The molecule has 0 aliphatic heterocycles. The fourth-order valence-electron chi connectivity index (χ4n) is 1.62. The molecule has 3 N–H and O–H groups in total. The van der Waals surface area contributed by atoms with Crippen molar-refractivity contribution < 1.29 is 9.63 Å². The summed E-state index contributed by atoms with van der Waals surface area (Å²) < 4.78 is 4.98. The first kappa shape index (κ1) is 14.3. The summed E-state index contributed by atoms with van der Waals surface area (Å²) in [6.45, 7) is 0.342. The molecule has 2 aromatic rings. The summed E-state index contributed by atoms with van der Waals surface area (Å²) in [5, 5.41) is 14.6. The van der Waals surface area contributed by atoms with E-state index in [4.69, 9.17) is 33.5 Å². The molecule has 1 aromatic heterocycles. The zero-order chi connectivity index (χ0) is 13.8. The Bertz CT molecular complexity index is 539. The van der Waals surface area contributed by atoms with E-state index in [0.29, 0.717) is 35.3 Å². The van der Waals surface area contributed by atoms with Crippen LogP contribution in [0, 0.1) is 0 Å². The first-order chi connectivity index (χ1) is 9.11. The van der Waals surface area contributed by atoms with Gasteiger partial charge in [0, 0.05) is 16.5 Å².